The van der Waals surface area contributed by atoms with Gasteiger partial charge < -0.3 is 0 Å². The number of nitrogens with zero attached hydrogens (tertiary/aromatic N) is 2. The van der Waals surface area contributed by atoms with Crippen LogP contribution in [0.4, 0.5) is 0 Å². The average molecular weight is 165 g/mol. The first-order valence-corrected chi connectivity index (χ1v) is 4.80. The second kappa shape index (κ2) is 4.47. The zero-order valence-electron chi connectivity index (χ0n) is 7.95. The highest BCUT2D eigenvalue weighted by molar-refractivity contribution is 4.89. The van der Waals surface area contributed by atoms with Gasteiger partial charge in [-0.15, -0.1) is 0 Å². The van der Waals surface area contributed by atoms with Crippen molar-refractivity contribution < 1.29 is 0 Å². The molecule has 0 aliphatic carbocycles. The van der Waals surface area contributed by atoms with E-state index in [-0.39, 0.29) is 5.92 Å². The number of rotatable bonds is 1. The third-order valence-electron chi connectivity index (χ3n) is 2.55. The first kappa shape index (κ1) is 9.54. The van der Waals surface area contributed by atoms with E-state index in [0.29, 0.717) is 12.0 Å². The molecular weight excluding hydrogens is 148 g/mol. The Bertz CT molecular complexity index is 169. The van der Waals surface area contributed by atoms with Gasteiger partial charge in [0.2, 0.25) is 0 Å². The monoisotopic (exact) mass is 165 g/mol. The minimum absolute atomic E-state index is 0.253. The maximum absolute atomic E-state index is 8.82. The van der Waals surface area contributed by atoms with Crippen molar-refractivity contribution in [1.29, 1.82) is 5.26 Å². The van der Waals surface area contributed by atoms with Crippen molar-refractivity contribution in [3.05, 3.63) is 0 Å². The first-order valence-electron chi connectivity index (χ1n) is 4.80. The Morgan fingerprint density at radius 2 is 2.25 bits per heavy atom. The van der Waals surface area contributed by atoms with Crippen LogP contribution in [0.2, 0.25) is 0 Å². The Morgan fingerprint density at radius 1 is 1.50 bits per heavy atom. The molecule has 1 saturated heterocycles. The highest BCUT2D eigenvalue weighted by atomic mass is 14.9. The lowest BCUT2D eigenvalue weighted by Gasteiger charge is -2.18. The van der Waals surface area contributed by atoms with E-state index in [1.54, 1.807) is 0 Å². The molecule has 0 bridgehead atoms. The fourth-order valence-electron chi connectivity index (χ4n) is 1.68. The molecule has 2 atom stereocenters. The molecule has 0 N–H and O–H groups in total. The quantitative estimate of drug-likeness (QED) is 0.585. The van der Waals surface area contributed by atoms with Gasteiger partial charge in [0.1, 0.15) is 0 Å². The molecule has 0 aromatic rings. The molecule has 1 rings (SSSR count). The molecule has 12 heavy (non-hydrogen) atoms. The second-order valence-electron chi connectivity index (χ2n) is 3.92. The van der Waals surface area contributed by atoms with Crippen molar-refractivity contribution in [2.75, 3.05) is 6.54 Å². The Balaban J connectivity index is 2.49. The summed E-state index contributed by atoms with van der Waals surface area (Å²) in [4.78, 5) is 0. The minimum atomic E-state index is 0.253. The van der Waals surface area contributed by atoms with Gasteiger partial charge in [0, 0.05) is 18.5 Å². The molecule has 1 heterocycles. The largest absolute Gasteiger partial charge is 0.238 e. The lowest BCUT2D eigenvalue weighted by atomic mass is 9.93. The van der Waals surface area contributed by atoms with Crippen LogP contribution in [-0.2, 0) is 0 Å². The van der Waals surface area contributed by atoms with Crippen molar-refractivity contribution in [3.8, 4) is 6.07 Å². The zero-order valence-corrected chi connectivity index (χ0v) is 7.95. The molecule has 0 aromatic carbocycles. The standard InChI is InChI=1S/C10H17N2/c1-8(2)10-6-9(7-11)4-3-5-12-10/h8-10H,3-6H2,1-2H3. The summed E-state index contributed by atoms with van der Waals surface area (Å²) in [6.45, 7) is 5.34. The maximum atomic E-state index is 8.82. The second-order valence-corrected chi connectivity index (χ2v) is 3.92. The predicted octanol–water partition coefficient (Wildman–Crippen LogP) is 1.94. The van der Waals surface area contributed by atoms with Crippen molar-refractivity contribution >= 4 is 0 Å². The van der Waals surface area contributed by atoms with E-state index in [4.69, 9.17) is 5.26 Å². The molecule has 2 heteroatoms. The van der Waals surface area contributed by atoms with Gasteiger partial charge in [-0.05, 0) is 25.2 Å². The van der Waals surface area contributed by atoms with E-state index in [1.165, 1.54) is 0 Å². The summed E-state index contributed by atoms with van der Waals surface area (Å²) in [6, 6.07) is 2.80. The molecular formula is C10H17N2. The summed E-state index contributed by atoms with van der Waals surface area (Å²) in [6.07, 6.45) is 3.12. The molecule has 1 radical (unpaired) electrons. The van der Waals surface area contributed by atoms with Crippen LogP contribution in [0.5, 0.6) is 0 Å². The number of nitriles is 1. The molecule has 1 aliphatic rings. The molecule has 0 amide bonds. The van der Waals surface area contributed by atoms with Crippen LogP contribution in [0, 0.1) is 23.2 Å². The van der Waals surface area contributed by atoms with Crippen molar-refractivity contribution in [2.45, 2.75) is 39.2 Å². The summed E-state index contributed by atoms with van der Waals surface area (Å²) >= 11 is 0. The SMILES string of the molecule is CC(C)C1CC(C#N)CCC[N]1. The Hall–Kier alpha value is -0.550. The lowest BCUT2D eigenvalue weighted by Crippen LogP contribution is -2.27. The Morgan fingerprint density at radius 3 is 2.83 bits per heavy atom. The van der Waals surface area contributed by atoms with E-state index in [0.717, 1.165) is 25.8 Å². The van der Waals surface area contributed by atoms with Crippen LogP contribution < -0.4 is 5.32 Å². The van der Waals surface area contributed by atoms with Crippen LogP contribution in [0.3, 0.4) is 0 Å². The third kappa shape index (κ3) is 2.49. The molecule has 0 saturated carbocycles. The van der Waals surface area contributed by atoms with E-state index in [1.807, 2.05) is 0 Å². The average Bonchev–Trinajstić information content (AvgIpc) is 2.28. The smallest absolute Gasteiger partial charge is 0.0656 e. The highest BCUT2D eigenvalue weighted by Crippen LogP contribution is 2.21. The van der Waals surface area contributed by atoms with Crippen molar-refractivity contribution in [3.63, 3.8) is 0 Å². The molecule has 0 spiro atoms. The normalized spacial score (nSPS) is 31.2. The van der Waals surface area contributed by atoms with Crippen LogP contribution >= 0.6 is 0 Å². The van der Waals surface area contributed by atoms with Gasteiger partial charge >= 0.3 is 0 Å². The van der Waals surface area contributed by atoms with Crippen LogP contribution in [-0.4, -0.2) is 12.6 Å². The Labute approximate surface area is 75.0 Å². The van der Waals surface area contributed by atoms with Gasteiger partial charge in [-0.1, -0.05) is 13.8 Å². The topological polar surface area (TPSA) is 37.9 Å². The van der Waals surface area contributed by atoms with Crippen LogP contribution in [0.25, 0.3) is 0 Å². The van der Waals surface area contributed by atoms with Crippen molar-refractivity contribution in [2.24, 2.45) is 11.8 Å². The summed E-state index contributed by atoms with van der Waals surface area (Å²) in [5.41, 5.74) is 0. The lowest BCUT2D eigenvalue weighted by molar-refractivity contribution is 0.368. The van der Waals surface area contributed by atoms with E-state index >= 15 is 0 Å². The molecule has 0 aromatic heterocycles. The summed E-state index contributed by atoms with van der Waals surface area (Å²) in [7, 11) is 0. The maximum Gasteiger partial charge on any atom is 0.0656 e. The van der Waals surface area contributed by atoms with Crippen LogP contribution in [0.15, 0.2) is 0 Å². The van der Waals surface area contributed by atoms with Gasteiger partial charge in [-0.25, -0.2) is 5.32 Å². The van der Waals surface area contributed by atoms with Gasteiger partial charge in [-0.3, -0.25) is 0 Å². The molecule has 67 valence electrons. The first-order chi connectivity index (χ1) is 5.74. The van der Waals surface area contributed by atoms with Crippen molar-refractivity contribution in [1.82, 2.24) is 5.32 Å². The molecule has 2 nitrogen and oxygen atoms in total. The van der Waals surface area contributed by atoms with Gasteiger partial charge in [0.25, 0.3) is 0 Å². The summed E-state index contributed by atoms with van der Waals surface area (Å²) in [5, 5.41) is 13.4. The highest BCUT2D eigenvalue weighted by Gasteiger charge is 2.22. The zero-order chi connectivity index (χ0) is 8.97. The fourth-order valence-corrected chi connectivity index (χ4v) is 1.68. The fraction of sp³-hybridized carbons (Fsp3) is 0.900. The van der Waals surface area contributed by atoms with E-state index in [2.05, 4.69) is 25.2 Å². The number of hydrogen-bond acceptors (Lipinski definition) is 1. The number of hydrogen-bond donors (Lipinski definition) is 0. The van der Waals surface area contributed by atoms with Gasteiger partial charge in [0.15, 0.2) is 0 Å². The van der Waals surface area contributed by atoms with Gasteiger partial charge in [0.05, 0.1) is 6.07 Å². The summed E-state index contributed by atoms with van der Waals surface area (Å²) < 4.78 is 0. The molecule has 1 fully saturated rings. The summed E-state index contributed by atoms with van der Waals surface area (Å²) in [5.74, 6) is 0.850. The Kier molecular flexibility index (Phi) is 3.55. The van der Waals surface area contributed by atoms with E-state index in [9.17, 15) is 0 Å². The van der Waals surface area contributed by atoms with Crippen LogP contribution in [0.1, 0.15) is 33.1 Å². The third-order valence-corrected chi connectivity index (χ3v) is 2.55. The molecule has 1 aliphatic heterocycles. The molecule has 2 unspecified atom stereocenters. The van der Waals surface area contributed by atoms with E-state index < -0.39 is 0 Å². The minimum Gasteiger partial charge on any atom is -0.238 e. The van der Waals surface area contributed by atoms with Gasteiger partial charge in [-0.2, -0.15) is 5.26 Å². The predicted molar refractivity (Wildman–Crippen MR) is 48.6 cm³/mol.